The molecule has 0 aliphatic carbocycles. The maximum Gasteiger partial charge on any atom is 0.0966 e. The van der Waals surface area contributed by atoms with E-state index >= 15 is 0 Å². The minimum absolute atomic E-state index is 0.152. The first-order chi connectivity index (χ1) is 8.40. The Balaban J connectivity index is 1.91. The molecule has 1 aliphatic heterocycles. The second-order valence-corrected chi connectivity index (χ2v) is 5.15. The average Bonchev–Trinajstić information content (AvgIpc) is 2.88. The summed E-state index contributed by atoms with van der Waals surface area (Å²) < 4.78 is 11.3. The Labute approximate surface area is 106 Å². The van der Waals surface area contributed by atoms with E-state index in [9.17, 15) is 0 Å². The molecule has 1 saturated heterocycles. The molecule has 0 aromatic carbocycles. The van der Waals surface area contributed by atoms with Gasteiger partial charge >= 0.3 is 0 Å². The third-order valence-electron chi connectivity index (χ3n) is 2.83. The van der Waals surface area contributed by atoms with Gasteiger partial charge in [-0.05, 0) is 13.0 Å². The highest BCUT2D eigenvalue weighted by Crippen LogP contribution is 2.13. The van der Waals surface area contributed by atoms with Crippen LogP contribution in [0.3, 0.4) is 0 Å². The van der Waals surface area contributed by atoms with Crippen molar-refractivity contribution in [3.8, 4) is 0 Å². The van der Waals surface area contributed by atoms with Crippen LogP contribution < -0.4 is 5.32 Å². The number of ether oxygens (including phenoxy) is 2. The van der Waals surface area contributed by atoms with Crippen LogP contribution in [0, 0.1) is 0 Å². The van der Waals surface area contributed by atoms with E-state index in [0.29, 0.717) is 25.9 Å². The molecular weight excluding hydrogens is 236 g/mol. The largest absolute Gasteiger partial charge is 0.376 e. The molecule has 2 unspecified atom stereocenters. The molecule has 0 amide bonds. The molecule has 1 fully saturated rings. The fourth-order valence-corrected chi connectivity index (χ4v) is 2.62. The molecule has 4 nitrogen and oxygen atoms in total. The van der Waals surface area contributed by atoms with Gasteiger partial charge in [0.1, 0.15) is 0 Å². The number of hydrogen-bond acceptors (Lipinski definition) is 5. The van der Waals surface area contributed by atoms with E-state index in [1.54, 1.807) is 11.3 Å². The Morgan fingerprint density at radius 2 is 2.53 bits per heavy atom. The maximum absolute atomic E-state index is 5.78. The zero-order chi connectivity index (χ0) is 11.9. The first kappa shape index (κ1) is 13.0. The van der Waals surface area contributed by atoms with Crippen LogP contribution >= 0.6 is 11.3 Å². The summed E-state index contributed by atoms with van der Waals surface area (Å²) >= 11 is 1.70. The molecule has 2 rings (SSSR count). The first-order valence-electron chi connectivity index (χ1n) is 6.21. The molecule has 17 heavy (non-hydrogen) atoms. The Morgan fingerprint density at radius 1 is 1.59 bits per heavy atom. The normalized spacial score (nSPS) is 22.5. The summed E-state index contributed by atoms with van der Waals surface area (Å²) in [5.41, 5.74) is 0. The molecule has 0 radical (unpaired) electrons. The van der Waals surface area contributed by atoms with Crippen molar-refractivity contribution in [1.82, 2.24) is 10.3 Å². The smallest absolute Gasteiger partial charge is 0.0966 e. The van der Waals surface area contributed by atoms with Gasteiger partial charge in [-0.3, -0.25) is 0 Å². The van der Waals surface area contributed by atoms with Crippen LogP contribution in [0.1, 0.15) is 18.4 Å². The molecule has 96 valence electrons. The van der Waals surface area contributed by atoms with Crippen molar-refractivity contribution in [2.45, 2.75) is 31.9 Å². The van der Waals surface area contributed by atoms with Crippen molar-refractivity contribution < 1.29 is 9.47 Å². The predicted molar refractivity (Wildman–Crippen MR) is 68.5 cm³/mol. The van der Waals surface area contributed by atoms with Gasteiger partial charge in [0.15, 0.2) is 0 Å². The Hall–Kier alpha value is -0.490. The van der Waals surface area contributed by atoms with Gasteiger partial charge in [0, 0.05) is 24.0 Å². The van der Waals surface area contributed by atoms with E-state index in [-0.39, 0.29) is 6.10 Å². The molecular formula is C12H20N2O2S. The molecule has 1 N–H and O–H groups in total. The van der Waals surface area contributed by atoms with Crippen LogP contribution in [0.2, 0.25) is 0 Å². The zero-order valence-electron chi connectivity index (χ0n) is 10.2. The van der Waals surface area contributed by atoms with Crippen molar-refractivity contribution >= 4 is 11.3 Å². The average molecular weight is 256 g/mol. The summed E-state index contributed by atoms with van der Waals surface area (Å²) in [4.78, 5) is 4.34. The van der Waals surface area contributed by atoms with Crippen molar-refractivity contribution in [2.24, 2.45) is 0 Å². The lowest BCUT2D eigenvalue weighted by Crippen LogP contribution is -2.48. The first-order valence-corrected chi connectivity index (χ1v) is 7.09. The molecule has 5 heteroatoms. The van der Waals surface area contributed by atoms with Crippen LogP contribution in [0.4, 0.5) is 0 Å². The standard InChI is InChI=1S/C12H20N2O2S/c1-2-3-13-10(8-12-14-4-7-17-12)11-9-15-5-6-16-11/h4,7,10-11,13H,2-3,5-6,8-9H2,1H3. The molecule has 0 saturated carbocycles. The Bertz CT molecular complexity index is 299. The monoisotopic (exact) mass is 256 g/mol. The lowest BCUT2D eigenvalue weighted by Gasteiger charge is -2.30. The van der Waals surface area contributed by atoms with E-state index in [0.717, 1.165) is 24.4 Å². The predicted octanol–water partition coefficient (Wildman–Crippen LogP) is 1.47. The lowest BCUT2D eigenvalue weighted by atomic mass is 10.1. The Morgan fingerprint density at radius 3 is 3.18 bits per heavy atom. The van der Waals surface area contributed by atoms with Gasteiger partial charge in [0.2, 0.25) is 0 Å². The number of aromatic nitrogens is 1. The molecule has 1 aromatic heterocycles. The molecule has 1 aliphatic rings. The van der Waals surface area contributed by atoms with Crippen molar-refractivity contribution in [3.63, 3.8) is 0 Å². The topological polar surface area (TPSA) is 43.4 Å². The van der Waals surface area contributed by atoms with E-state index in [4.69, 9.17) is 9.47 Å². The van der Waals surface area contributed by atoms with Gasteiger partial charge in [-0.25, -0.2) is 4.98 Å². The van der Waals surface area contributed by atoms with Crippen molar-refractivity contribution in [1.29, 1.82) is 0 Å². The minimum atomic E-state index is 0.152. The highest BCUT2D eigenvalue weighted by Gasteiger charge is 2.25. The SMILES string of the molecule is CCCNC(Cc1nccs1)C1COCCO1. The van der Waals surface area contributed by atoms with Crippen LogP contribution in [0.15, 0.2) is 11.6 Å². The summed E-state index contributed by atoms with van der Waals surface area (Å²) in [6.45, 7) is 5.29. The molecule has 0 bridgehead atoms. The minimum Gasteiger partial charge on any atom is -0.376 e. The number of nitrogens with zero attached hydrogens (tertiary/aromatic N) is 1. The van der Waals surface area contributed by atoms with Crippen LogP contribution in [-0.2, 0) is 15.9 Å². The summed E-state index contributed by atoms with van der Waals surface area (Å²) in [6, 6.07) is 0.307. The number of rotatable bonds is 6. The number of nitrogens with one attached hydrogen (secondary N) is 1. The fourth-order valence-electron chi connectivity index (χ4n) is 1.95. The molecule has 0 spiro atoms. The second-order valence-electron chi connectivity index (χ2n) is 4.17. The third kappa shape index (κ3) is 4.03. The highest BCUT2D eigenvalue weighted by atomic mass is 32.1. The summed E-state index contributed by atoms with van der Waals surface area (Å²) in [5, 5.41) is 6.72. The van der Waals surface area contributed by atoms with E-state index in [1.807, 2.05) is 11.6 Å². The summed E-state index contributed by atoms with van der Waals surface area (Å²) in [7, 11) is 0. The van der Waals surface area contributed by atoms with E-state index in [1.165, 1.54) is 0 Å². The third-order valence-corrected chi connectivity index (χ3v) is 3.63. The van der Waals surface area contributed by atoms with Gasteiger partial charge in [-0.1, -0.05) is 6.92 Å². The van der Waals surface area contributed by atoms with Crippen LogP contribution in [0.5, 0.6) is 0 Å². The quantitative estimate of drug-likeness (QED) is 0.837. The van der Waals surface area contributed by atoms with E-state index in [2.05, 4.69) is 17.2 Å². The Kier molecular flexibility index (Phi) is 5.38. The fraction of sp³-hybridized carbons (Fsp3) is 0.750. The highest BCUT2D eigenvalue weighted by molar-refractivity contribution is 7.09. The zero-order valence-corrected chi connectivity index (χ0v) is 11.0. The lowest BCUT2D eigenvalue weighted by molar-refractivity contribution is -0.101. The molecule has 2 atom stereocenters. The second kappa shape index (κ2) is 7.06. The molecule has 2 heterocycles. The van der Waals surface area contributed by atoms with Gasteiger partial charge < -0.3 is 14.8 Å². The van der Waals surface area contributed by atoms with Gasteiger partial charge in [0.05, 0.1) is 30.9 Å². The summed E-state index contributed by atoms with van der Waals surface area (Å²) in [5.74, 6) is 0. The van der Waals surface area contributed by atoms with E-state index < -0.39 is 0 Å². The van der Waals surface area contributed by atoms with Crippen LogP contribution in [0.25, 0.3) is 0 Å². The maximum atomic E-state index is 5.78. The van der Waals surface area contributed by atoms with Crippen molar-refractivity contribution in [3.05, 3.63) is 16.6 Å². The van der Waals surface area contributed by atoms with Crippen LogP contribution in [-0.4, -0.2) is 43.5 Å². The van der Waals surface area contributed by atoms with Gasteiger partial charge in [-0.15, -0.1) is 11.3 Å². The van der Waals surface area contributed by atoms with Gasteiger partial charge in [0.25, 0.3) is 0 Å². The van der Waals surface area contributed by atoms with Crippen molar-refractivity contribution in [2.75, 3.05) is 26.4 Å². The van der Waals surface area contributed by atoms with Gasteiger partial charge in [-0.2, -0.15) is 0 Å². The summed E-state index contributed by atoms with van der Waals surface area (Å²) in [6.07, 6.45) is 4.06. The molecule has 1 aromatic rings. The number of thiazole rings is 1. The number of hydrogen-bond donors (Lipinski definition) is 1.